The van der Waals surface area contributed by atoms with Crippen LogP contribution in [0, 0.1) is 11.7 Å². The number of H-pyrrole nitrogens is 1. The summed E-state index contributed by atoms with van der Waals surface area (Å²) in [4.78, 5) is 76.0. The molecule has 6 aromatic rings. The Morgan fingerprint density at radius 3 is 2.34 bits per heavy atom. The van der Waals surface area contributed by atoms with E-state index in [1.54, 1.807) is 41.7 Å². The number of hydrogen-bond acceptors (Lipinski definition) is 14. The lowest BCUT2D eigenvalue weighted by Gasteiger charge is -2.40. The molecule has 4 saturated heterocycles. The normalized spacial score (nSPS) is 19.2. The molecule has 74 heavy (non-hydrogen) atoms. The van der Waals surface area contributed by atoms with Crippen LogP contribution in [0.4, 0.5) is 10.1 Å². The number of halogens is 1. The van der Waals surface area contributed by atoms with Gasteiger partial charge in [-0.25, -0.2) is 19.5 Å². The molecule has 5 aliphatic heterocycles. The van der Waals surface area contributed by atoms with Crippen LogP contribution in [0.25, 0.3) is 10.8 Å². The van der Waals surface area contributed by atoms with Crippen molar-refractivity contribution in [3.8, 4) is 11.6 Å². The van der Waals surface area contributed by atoms with Crippen molar-refractivity contribution >= 4 is 34.2 Å². The molecule has 0 aliphatic carbocycles. The van der Waals surface area contributed by atoms with E-state index >= 15 is 4.39 Å². The summed E-state index contributed by atoms with van der Waals surface area (Å²) in [6, 6.07) is 21.8. The highest BCUT2D eigenvalue weighted by Crippen LogP contribution is 2.32. The maximum absolute atomic E-state index is 15.1. The van der Waals surface area contributed by atoms with Gasteiger partial charge in [-0.1, -0.05) is 36.4 Å². The molecule has 3 aromatic heterocycles. The number of nitrogens with zero attached hydrogens (tertiary/aromatic N) is 12. The summed E-state index contributed by atoms with van der Waals surface area (Å²) >= 11 is 0. The Labute approximate surface area is 429 Å². The van der Waals surface area contributed by atoms with Crippen molar-refractivity contribution in [1.29, 1.82) is 0 Å². The van der Waals surface area contributed by atoms with Crippen LogP contribution >= 0.6 is 0 Å². The first-order chi connectivity index (χ1) is 36.1. The molecular formula is C55H62FN13O5. The van der Waals surface area contributed by atoms with Gasteiger partial charge in [0.1, 0.15) is 17.9 Å². The van der Waals surface area contributed by atoms with Crippen molar-refractivity contribution < 1.29 is 23.5 Å². The lowest BCUT2D eigenvalue weighted by Crippen LogP contribution is -2.53. The largest absolute Gasteiger partial charge is 0.437 e. The Kier molecular flexibility index (Phi) is 14.6. The number of anilines is 1. The van der Waals surface area contributed by atoms with Gasteiger partial charge in [-0.3, -0.25) is 33.9 Å². The van der Waals surface area contributed by atoms with Crippen molar-refractivity contribution in [3.05, 3.63) is 141 Å². The monoisotopic (exact) mass is 1000 g/mol. The Morgan fingerprint density at radius 1 is 0.730 bits per heavy atom. The molecule has 384 valence electrons. The summed E-state index contributed by atoms with van der Waals surface area (Å²) in [5.41, 5.74) is 5.28. The topological polar surface area (TPSA) is 180 Å². The molecule has 0 saturated carbocycles. The van der Waals surface area contributed by atoms with E-state index in [1.807, 2.05) is 46.3 Å². The third kappa shape index (κ3) is 11.3. The molecule has 0 bridgehead atoms. The zero-order valence-corrected chi connectivity index (χ0v) is 41.7. The highest BCUT2D eigenvalue weighted by atomic mass is 19.1. The van der Waals surface area contributed by atoms with E-state index in [4.69, 9.17) is 4.74 Å². The van der Waals surface area contributed by atoms with Crippen LogP contribution in [0.3, 0.4) is 0 Å². The highest BCUT2D eigenvalue weighted by molar-refractivity contribution is 5.95. The zero-order chi connectivity index (χ0) is 50.5. The van der Waals surface area contributed by atoms with Crippen molar-refractivity contribution in [2.75, 3.05) is 103 Å². The highest BCUT2D eigenvalue weighted by Gasteiger charge is 2.32. The van der Waals surface area contributed by atoms with Crippen LogP contribution in [0.15, 0.2) is 96.3 Å². The second kappa shape index (κ2) is 22.1. The molecule has 0 spiro atoms. The van der Waals surface area contributed by atoms with Gasteiger partial charge in [-0.05, 0) is 86.1 Å². The van der Waals surface area contributed by atoms with Crippen molar-refractivity contribution in [2.24, 2.45) is 5.92 Å². The molecule has 3 amide bonds. The number of carbonyl (C=O) groups excluding carboxylic acids is 3. The summed E-state index contributed by atoms with van der Waals surface area (Å²) in [6.45, 7) is 11.4. The number of ether oxygens (including phenoxy) is 1. The maximum Gasteiger partial charge on any atom is 0.272 e. The summed E-state index contributed by atoms with van der Waals surface area (Å²) in [7, 11) is 0. The van der Waals surface area contributed by atoms with Gasteiger partial charge in [0, 0.05) is 121 Å². The number of nitrogens with one attached hydrogen (secondary N) is 1. The number of carbonyl (C=O) groups is 3. The van der Waals surface area contributed by atoms with Gasteiger partial charge in [-0.15, -0.1) is 5.10 Å². The molecule has 18 nitrogen and oxygen atoms in total. The van der Waals surface area contributed by atoms with Crippen molar-refractivity contribution in [1.82, 2.24) is 59.8 Å². The molecule has 8 heterocycles. The average molecular weight is 1000 g/mol. The first-order valence-electron chi connectivity index (χ1n) is 26.1. The van der Waals surface area contributed by atoms with E-state index < -0.39 is 11.7 Å². The van der Waals surface area contributed by atoms with Gasteiger partial charge >= 0.3 is 0 Å². The Bertz CT molecular complexity index is 3040. The van der Waals surface area contributed by atoms with E-state index in [-0.39, 0.29) is 28.9 Å². The van der Waals surface area contributed by atoms with E-state index in [2.05, 4.69) is 62.1 Å². The molecule has 11 rings (SSSR count). The van der Waals surface area contributed by atoms with Crippen LogP contribution in [0.5, 0.6) is 11.6 Å². The van der Waals surface area contributed by atoms with E-state index in [1.165, 1.54) is 6.07 Å². The average Bonchev–Trinajstić information content (AvgIpc) is 3.85. The molecule has 1 N–H and O–H groups in total. The lowest BCUT2D eigenvalue weighted by molar-refractivity contribution is -0.134. The van der Waals surface area contributed by atoms with Crippen LogP contribution in [-0.4, -0.2) is 176 Å². The number of likely N-dealkylation sites (tertiary alicyclic amines) is 2. The third-order valence-corrected chi connectivity index (χ3v) is 15.6. The third-order valence-electron chi connectivity index (χ3n) is 15.6. The lowest BCUT2D eigenvalue weighted by atomic mass is 9.90. The van der Waals surface area contributed by atoms with Gasteiger partial charge in [0.05, 0.1) is 47.3 Å². The first kappa shape index (κ1) is 49.0. The van der Waals surface area contributed by atoms with Crippen LogP contribution in [0.2, 0.25) is 0 Å². The Hall–Kier alpha value is -7.22. The predicted molar refractivity (Wildman–Crippen MR) is 275 cm³/mol. The fraction of sp³-hybridized carbons (Fsp3) is 0.436. The summed E-state index contributed by atoms with van der Waals surface area (Å²) in [5, 5.41) is 16.6. The number of aromatic nitrogens is 6. The van der Waals surface area contributed by atoms with Crippen molar-refractivity contribution in [2.45, 2.75) is 51.1 Å². The maximum atomic E-state index is 15.1. The van der Waals surface area contributed by atoms with Crippen LogP contribution in [0.1, 0.15) is 70.0 Å². The molecule has 4 fully saturated rings. The molecule has 5 aliphatic rings. The van der Waals surface area contributed by atoms with Gasteiger partial charge in [0.2, 0.25) is 17.7 Å². The smallest absolute Gasteiger partial charge is 0.272 e. The number of fused-ring (bicyclic) bond motifs is 2. The minimum absolute atomic E-state index is 0.0122. The standard InChI is InChI=1S/C55H62FN13O5/c56-48-11-10-39(26-49-45-8-1-2-9-46(45)54(72)62-60-49)25-47(48)55(73)68-23-21-67(22-24-68)52(70)35-63-15-12-38(13-16-63)31-64-17-19-66(20-18-64)43-28-51(61-59-30-43)74-44-7-3-5-40(27-44)41-6-4-14-69(33-41)53(71)36-65-32-42-29-57-37-58-50(42)34-65/h1-3,5,7-11,25,27-30,37-38,41H,4,6,12-24,26,31-36H2,(H,62,72)/t41-/m0/s1. The number of amides is 3. The van der Waals surface area contributed by atoms with E-state index in [9.17, 15) is 19.2 Å². The summed E-state index contributed by atoms with van der Waals surface area (Å²) in [6.07, 6.45) is 9.57. The Balaban J connectivity index is 0.594. The van der Waals surface area contributed by atoms with Crippen LogP contribution < -0.4 is 15.2 Å². The van der Waals surface area contributed by atoms with E-state index in [0.717, 1.165) is 101 Å². The fourth-order valence-electron chi connectivity index (χ4n) is 11.4. The Morgan fingerprint density at radius 2 is 1.51 bits per heavy atom. The molecule has 19 heteroatoms. The molecule has 0 unspecified atom stereocenters. The SMILES string of the molecule is O=C(CN1CCC(CN2CCN(c3cnnc(Oc4cccc([C@H]5CCCN(C(=O)CN6Cc7cncnc7C6)C5)c4)c3)CC2)CC1)N1CCN(C(=O)c2cc(Cc3n[nH]c(=O)c4ccccc34)ccc2F)CC1. The van der Waals surface area contributed by atoms with Gasteiger partial charge in [0.25, 0.3) is 11.5 Å². The van der Waals surface area contributed by atoms with Gasteiger partial charge < -0.3 is 24.3 Å². The molecular weight excluding hydrogens is 942 g/mol. The molecule has 0 radical (unpaired) electrons. The van der Waals surface area contributed by atoms with Crippen molar-refractivity contribution in [3.63, 3.8) is 0 Å². The minimum atomic E-state index is -0.596. The summed E-state index contributed by atoms with van der Waals surface area (Å²) < 4.78 is 21.4. The second-order valence-corrected chi connectivity index (χ2v) is 20.5. The number of benzene rings is 3. The zero-order valence-electron chi connectivity index (χ0n) is 41.7. The quantitative estimate of drug-likeness (QED) is 0.170. The molecule has 3 aromatic carbocycles. The van der Waals surface area contributed by atoms with Gasteiger partial charge in [0.15, 0.2) is 0 Å². The van der Waals surface area contributed by atoms with Gasteiger partial charge in [-0.2, -0.15) is 10.2 Å². The minimum Gasteiger partial charge on any atom is -0.437 e. The number of aromatic amines is 1. The first-order valence-corrected chi connectivity index (χ1v) is 26.1. The molecule has 1 atom stereocenters. The predicted octanol–water partition coefficient (Wildman–Crippen LogP) is 4.57. The fourth-order valence-corrected chi connectivity index (χ4v) is 11.4. The second-order valence-electron chi connectivity index (χ2n) is 20.5. The number of rotatable bonds is 13. The van der Waals surface area contributed by atoms with E-state index in [0.29, 0.717) is 105 Å². The number of hydrogen-bond donors (Lipinski definition) is 1. The number of piperidine rings is 2. The summed E-state index contributed by atoms with van der Waals surface area (Å²) in [5.74, 6) is 1.15. The number of piperazine rings is 2. The van der Waals surface area contributed by atoms with Crippen LogP contribution in [-0.2, 0) is 29.1 Å².